The largest absolute Gasteiger partial charge is 0.493 e. The summed E-state index contributed by atoms with van der Waals surface area (Å²) in [7, 11) is 0. The van der Waals surface area contributed by atoms with Gasteiger partial charge in [-0.2, -0.15) is 11.8 Å². The molecule has 2 aliphatic rings. The Morgan fingerprint density at radius 3 is 2.57 bits per heavy atom. The molecule has 3 amide bonds. The molecule has 2 aliphatic heterocycles. The number of carbonyl (C=O) groups is 3. The summed E-state index contributed by atoms with van der Waals surface area (Å²) in [5, 5.41) is 3.08. The Balaban J connectivity index is 1.60. The van der Waals surface area contributed by atoms with E-state index in [1.807, 2.05) is 31.4 Å². The molecular formula is C23H24N2O4S. The van der Waals surface area contributed by atoms with Gasteiger partial charge in [0.1, 0.15) is 11.8 Å². The zero-order valence-electron chi connectivity index (χ0n) is 17.0. The lowest BCUT2D eigenvalue weighted by Gasteiger charge is -2.31. The van der Waals surface area contributed by atoms with Crippen molar-refractivity contribution in [2.75, 3.05) is 18.6 Å². The number of rotatable bonds is 6. The van der Waals surface area contributed by atoms with Crippen molar-refractivity contribution in [3.8, 4) is 5.75 Å². The van der Waals surface area contributed by atoms with Crippen LogP contribution in [0.4, 0.5) is 0 Å². The fourth-order valence-corrected chi connectivity index (χ4v) is 4.49. The van der Waals surface area contributed by atoms with E-state index in [0.29, 0.717) is 36.3 Å². The molecule has 0 saturated heterocycles. The molecule has 0 spiro atoms. The molecule has 156 valence electrons. The summed E-state index contributed by atoms with van der Waals surface area (Å²) in [6.45, 7) is 2.50. The summed E-state index contributed by atoms with van der Waals surface area (Å²) in [5.41, 5.74) is 2.73. The van der Waals surface area contributed by atoms with Gasteiger partial charge >= 0.3 is 0 Å². The van der Waals surface area contributed by atoms with Gasteiger partial charge in [-0.1, -0.05) is 29.8 Å². The quantitative estimate of drug-likeness (QED) is 0.720. The maximum atomic E-state index is 13.3. The molecule has 2 aromatic carbocycles. The van der Waals surface area contributed by atoms with Crippen LogP contribution < -0.4 is 10.1 Å². The van der Waals surface area contributed by atoms with Gasteiger partial charge in [0.25, 0.3) is 11.8 Å². The standard InChI is InChI=1S/C23H24N2O4S/c1-14-7-8-20-17(13-14)18(9-11-29-20)24-21(26)19(10-12-30-2)25-22(27)15-5-3-4-6-16(15)23(25)28/h3-8,13,18-19H,9-12H2,1-2H3,(H,24,26). The second kappa shape index (κ2) is 8.52. The normalized spacial score (nSPS) is 18.5. The van der Waals surface area contributed by atoms with Gasteiger partial charge in [0.05, 0.1) is 23.8 Å². The average Bonchev–Trinajstić information content (AvgIpc) is 3.00. The Labute approximate surface area is 180 Å². The lowest BCUT2D eigenvalue weighted by molar-refractivity contribution is -0.126. The van der Waals surface area contributed by atoms with Crippen LogP contribution in [0.5, 0.6) is 5.75 Å². The number of benzene rings is 2. The molecule has 0 fully saturated rings. The highest BCUT2D eigenvalue weighted by atomic mass is 32.2. The Morgan fingerprint density at radius 1 is 1.20 bits per heavy atom. The zero-order chi connectivity index (χ0) is 21.3. The van der Waals surface area contributed by atoms with E-state index >= 15 is 0 Å². The highest BCUT2D eigenvalue weighted by Crippen LogP contribution is 2.33. The fourth-order valence-electron chi connectivity index (χ4n) is 4.03. The van der Waals surface area contributed by atoms with Crippen molar-refractivity contribution in [1.82, 2.24) is 10.2 Å². The number of nitrogens with zero attached hydrogens (tertiary/aromatic N) is 1. The van der Waals surface area contributed by atoms with Crippen molar-refractivity contribution < 1.29 is 19.1 Å². The number of thioether (sulfide) groups is 1. The first kappa shape index (κ1) is 20.5. The third-order valence-corrected chi connectivity index (χ3v) is 6.20. The maximum absolute atomic E-state index is 13.3. The lowest BCUT2D eigenvalue weighted by atomic mass is 9.98. The summed E-state index contributed by atoms with van der Waals surface area (Å²) in [6, 6.07) is 11.6. The molecule has 7 heteroatoms. The molecule has 30 heavy (non-hydrogen) atoms. The maximum Gasteiger partial charge on any atom is 0.262 e. The molecule has 2 unspecified atom stereocenters. The monoisotopic (exact) mass is 424 g/mol. The molecule has 0 bridgehead atoms. The lowest BCUT2D eigenvalue weighted by Crippen LogP contribution is -2.51. The van der Waals surface area contributed by atoms with Crippen molar-refractivity contribution in [2.24, 2.45) is 0 Å². The van der Waals surface area contributed by atoms with E-state index in [9.17, 15) is 14.4 Å². The molecule has 2 aromatic rings. The van der Waals surface area contributed by atoms with Gasteiger partial charge in [0, 0.05) is 12.0 Å². The van der Waals surface area contributed by atoms with Crippen LogP contribution in [-0.4, -0.2) is 47.3 Å². The second-order valence-electron chi connectivity index (χ2n) is 7.56. The molecule has 2 heterocycles. The number of carbonyl (C=O) groups excluding carboxylic acids is 3. The minimum Gasteiger partial charge on any atom is -0.493 e. The summed E-state index contributed by atoms with van der Waals surface area (Å²) < 4.78 is 5.72. The van der Waals surface area contributed by atoms with E-state index in [4.69, 9.17) is 4.74 Å². The summed E-state index contributed by atoms with van der Waals surface area (Å²) in [5.74, 6) is 0.311. The molecule has 1 N–H and O–H groups in total. The van der Waals surface area contributed by atoms with Crippen LogP contribution in [-0.2, 0) is 4.79 Å². The molecule has 2 atom stereocenters. The van der Waals surface area contributed by atoms with Gasteiger partial charge in [0.2, 0.25) is 5.91 Å². The van der Waals surface area contributed by atoms with Gasteiger partial charge in [-0.25, -0.2) is 0 Å². The number of imide groups is 1. The second-order valence-corrected chi connectivity index (χ2v) is 8.55. The van der Waals surface area contributed by atoms with E-state index in [1.54, 1.807) is 36.0 Å². The molecule has 6 nitrogen and oxygen atoms in total. The number of hydrogen-bond donors (Lipinski definition) is 1. The van der Waals surface area contributed by atoms with Gasteiger partial charge in [0.15, 0.2) is 0 Å². The Kier molecular flexibility index (Phi) is 5.81. The van der Waals surface area contributed by atoms with E-state index < -0.39 is 17.9 Å². The number of fused-ring (bicyclic) bond motifs is 2. The van der Waals surface area contributed by atoms with Crippen molar-refractivity contribution in [2.45, 2.75) is 31.8 Å². The minimum atomic E-state index is -0.846. The first-order chi connectivity index (χ1) is 14.5. The number of ether oxygens (including phenoxy) is 1. The van der Waals surface area contributed by atoms with Crippen LogP contribution >= 0.6 is 11.8 Å². The van der Waals surface area contributed by atoms with Crippen LogP contribution in [0.1, 0.15) is 50.7 Å². The summed E-state index contributed by atoms with van der Waals surface area (Å²) in [6.07, 6.45) is 2.98. The molecule has 0 saturated carbocycles. The molecule has 4 rings (SSSR count). The van der Waals surface area contributed by atoms with Gasteiger partial charge in [-0.3, -0.25) is 19.3 Å². The Bertz CT molecular complexity index is 971. The molecular weight excluding hydrogens is 400 g/mol. The Morgan fingerprint density at radius 2 is 1.90 bits per heavy atom. The van der Waals surface area contributed by atoms with Crippen LogP contribution in [0, 0.1) is 6.92 Å². The summed E-state index contributed by atoms with van der Waals surface area (Å²) in [4.78, 5) is 40.4. The highest BCUT2D eigenvalue weighted by molar-refractivity contribution is 7.98. The molecule has 0 radical (unpaired) electrons. The highest BCUT2D eigenvalue weighted by Gasteiger charge is 2.43. The van der Waals surface area contributed by atoms with E-state index in [2.05, 4.69) is 5.32 Å². The van der Waals surface area contributed by atoms with Gasteiger partial charge < -0.3 is 10.1 Å². The van der Waals surface area contributed by atoms with Crippen LogP contribution in [0.2, 0.25) is 0 Å². The van der Waals surface area contributed by atoms with E-state index in [-0.39, 0.29) is 11.9 Å². The van der Waals surface area contributed by atoms with E-state index in [1.165, 1.54) is 0 Å². The third kappa shape index (κ3) is 3.69. The smallest absolute Gasteiger partial charge is 0.262 e. The number of hydrogen-bond acceptors (Lipinski definition) is 5. The first-order valence-corrected chi connectivity index (χ1v) is 11.4. The number of amides is 3. The van der Waals surface area contributed by atoms with Crippen LogP contribution in [0.25, 0.3) is 0 Å². The zero-order valence-corrected chi connectivity index (χ0v) is 17.8. The van der Waals surface area contributed by atoms with Crippen LogP contribution in [0.3, 0.4) is 0 Å². The predicted octanol–water partition coefficient (Wildman–Crippen LogP) is 3.35. The fraction of sp³-hybridized carbons (Fsp3) is 0.348. The van der Waals surface area contributed by atoms with Crippen molar-refractivity contribution in [3.63, 3.8) is 0 Å². The predicted molar refractivity (Wildman–Crippen MR) is 116 cm³/mol. The van der Waals surface area contributed by atoms with E-state index in [0.717, 1.165) is 21.8 Å². The van der Waals surface area contributed by atoms with Gasteiger partial charge in [-0.15, -0.1) is 0 Å². The average molecular weight is 425 g/mol. The van der Waals surface area contributed by atoms with Gasteiger partial charge in [-0.05, 0) is 43.6 Å². The first-order valence-electron chi connectivity index (χ1n) is 10.0. The molecule has 0 aliphatic carbocycles. The number of nitrogens with one attached hydrogen (secondary N) is 1. The third-order valence-electron chi connectivity index (χ3n) is 5.56. The minimum absolute atomic E-state index is 0.215. The van der Waals surface area contributed by atoms with Crippen molar-refractivity contribution >= 4 is 29.5 Å². The SMILES string of the molecule is CSCCC(C(=O)NC1CCOc2ccc(C)cc21)N1C(=O)c2ccccc2C1=O. The van der Waals surface area contributed by atoms with Crippen LogP contribution in [0.15, 0.2) is 42.5 Å². The topological polar surface area (TPSA) is 75.7 Å². The van der Waals surface area contributed by atoms with Crippen molar-refractivity contribution in [1.29, 1.82) is 0 Å². The summed E-state index contributed by atoms with van der Waals surface area (Å²) >= 11 is 1.58. The Hall–Kier alpha value is -2.80. The van der Waals surface area contributed by atoms with Crippen molar-refractivity contribution in [3.05, 3.63) is 64.7 Å². The number of aryl methyl sites for hydroxylation is 1. The molecule has 0 aromatic heterocycles.